The van der Waals surface area contributed by atoms with Crippen molar-refractivity contribution in [3.63, 3.8) is 0 Å². The summed E-state index contributed by atoms with van der Waals surface area (Å²) in [5.41, 5.74) is 3.42. The number of hydrogen-bond donors (Lipinski definition) is 2. The summed E-state index contributed by atoms with van der Waals surface area (Å²) in [6.45, 7) is 0.551. The molecule has 5 rings (SSSR count). The van der Waals surface area contributed by atoms with E-state index in [0.29, 0.717) is 23.1 Å². The number of halogens is 2. The van der Waals surface area contributed by atoms with Crippen LogP contribution in [0.2, 0.25) is 0 Å². The molecule has 2 saturated heterocycles. The number of piperidine rings is 2. The van der Waals surface area contributed by atoms with E-state index in [2.05, 4.69) is 39.4 Å². The largest absolute Gasteiger partial charge is 0.483 e. The molecule has 0 radical (unpaired) electrons. The van der Waals surface area contributed by atoms with E-state index < -0.39 is 31.1 Å². The number of nitrogens with one attached hydrogen (secondary N) is 1. The second kappa shape index (κ2) is 12.2. The van der Waals surface area contributed by atoms with Crippen molar-refractivity contribution in [2.24, 2.45) is 0 Å². The van der Waals surface area contributed by atoms with Crippen molar-refractivity contribution in [1.82, 2.24) is 19.8 Å². The van der Waals surface area contributed by atoms with Crippen LogP contribution < -0.4 is 10.1 Å². The van der Waals surface area contributed by atoms with Gasteiger partial charge in [0.05, 0.1) is 17.8 Å². The van der Waals surface area contributed by atoms with Crippen molar-refractivity contribution >= 4 is 17.5 Å². The molecule has 0 saturated carbocycles. The number of carbonyl (C=O) groups is 1. The van der Waals surface area contributed by atoms with Crippen LogP contribution >= 0.6 is 0 Å². The molecule has 0 spiro atoms. The Morgan fingerprint density at radius 1 is 1.15 bits per heavy atom. The van der Waals surface area contributed by atoms with Crippen LogP contribution in [-0.2, 0) is 4.79 Å². The number of ether oxygens (including phenoxy) is 1. The average Bonchev–Trinajstić information content (AvgIpc) is 2.98. The molecule has 2 aliphatic rings. The van der Waals surface area contributed by atoms with Gasteiger partial charge in [0.1, 0.15) is 18.4 Å². The molecule has 2 aliphatic heterocycles. The van der Waals surface area contributed by atoms with E-state index in [0.717, 1.165) is 36.5 Å². The van der Waals surface area contributed by atoms with Crippen molar-refractivity contribution in [1.29, 1.82) is 5.26 Å². The minimum Gasteiger partial charge on any atom is -0.483 e. The van der Waals surface area contributed by atoms with Gasteiger partial charge in [0.2, 0.25) is 11.9 Å². The third kappa shape index (κ3) is 6.61. The highest BCUT2D eigenvalue weighted by molar-refractivity contribution is 5.77. The summed E-state index contributed by atoms with van der Waals surface area (Å²) in [6, 6.07) is 16.7. The fraction of sp³-hybridized carbons (Fsp3) is 0.400. The number of alkyl halides is 2. The van der Waals surface area contributed by atoms with Gasteiger partial charge < -0.3 is 25.0 Å². The van der Waals surface area contributed by atoms with Gasteiger partial charge in [-0.1, -0.05) is 12.1 Å². The Balaban J connectivity index is 1.27. The molecule has 41 heavy (non-hydrogen) atoms. The zero-order valence-electron chi connectivity index (χ0n) is 22.8. The minimum atomic E-state index is -3.34. The minimum absolute atomic E-state index is 0.0250. The molecule has 214 valence electrons. The number of likely N-dealkylation sites (tertiary alicyclic amines) is 2. The van der Waals surface area contributed by atoms with E-state index >= 15 is 0 Å². The molecule has 1 aromatic heterocycles. The molecule has 9 nitrogen and oxygen atoms in total. The molecule has 2 fully saturated rings. The van der Waals surface area contributed by atoms with Gasteiger partial charge in [-0.05, 0) is 80.9 Å². The van der Waals surface area contributed by atoms with Crippen LogP contribution in [0.3, 0.4) is 0 Å². The van der Waals surface area contributed by atoms with Crippen molar-refractivity contribution in [3.05, 3.63) is 65.9 Å². The fourth-order valence-electron chi connectivity index (χ4n) is 5.30. The van der Waals surface area contributed by atoms with Gasteiger partial charge >= 0.3 is 5.92 Å². The van der Waals surface area contributed by atoms with Crippen LogP contribution in [-0.4, -0.2) is 82.6 Å². The number of aliphatic hydroxyl groups excluding tert-OH is 1. The highest BCUT2D eigenvalue weighted by Crippen LogP contribution is 2.34. The molecular weight excluding hydrogens is 530 g/mol. The molecule has 11 heteroatoms. The van der Waals surface area contributed by atoms with E-state index in [-0.39, 0.29) is 24.3 Å². The highest BCUT2D eigenvalue weighted by Gasteiger charge is 2.47. The second-order valence-corrected chi connectivity index (χ2v) is 10.5. The number of hydrogen-bond acceptors (Lipinski definition) is 8. The summed E-state index contributed by atoms with van der Waals surface area (Å²) in [4.78, 5) is 23.8. The number of nitriles is 1. The predicted octanol–water partition coefficient (Wildman–Crippen LogP) is 4.18. The van der Waals surface area contributed by atoms with Crippen molar-refractivity contribution in [2.75, 3.05) is 45.2 Å². The molecule has 0 aliphatic carbocycles. The number of anilines is 2. The molecular formula is C30H32F2N6O3. The summed E-state index contributed by atoms with van der Waals surface area (Å²) in [5, 5.41) is 21.9. The van der Waals surface area contributed by atoms with Gasteiger partial charge in [0.25, 0.3) is 0 Å². The first-order valence-corrected chi connectivity index (χ1v) is 13.6. The first kappa shape index (κ1) is 28.4. The number of aromatic nitrogens is 2. The van der Waals surface area contributed by atoms with Gasteiger partial charge in [-0.15, -0.1) is 0 Å². The Hall–Kier alpha value is -4.14. The number of nitrogens with zero attached hydrogens (tertiary/aromatic N) is 5. The van der Waals surface area contributed by atoms with Crippen molar-refractivity contribution < 1.29 is 23.4 Å². The number of rotatable bonds is 7. The molecule has 1 amide bonds. The maximum atomic E-state index is 14.7. The zero-order valence-corrected chi connectivity index (χ0v) is 22.8. The average molecular weight is 563 g/mol. The van der Waals surface area contributed by atoms with Crippen LogP contribution in [0.25, 0.3) is 11.3 Å². The molecule has 2 aromatic carbocycles. The maximum absolute atomic E-state index is 14.7. The van der Waals surface area contributed by atoms with Gasteiger partial charge in [0, 0.05) is 30.4 Å². The monoisotopic (exact) mass is 562 g/mol. The Bertz CT molecular complexity index is 1420. The summed E-state index contributed by atoms with van der Waals surface area (Å²) in [6.07, 6.45) is 2.26. The fourth-order valence-corrected chi connectivity index (χ4v) is 5.30. The number of aliphatic hydroxyl groups is 1. The van der Waals surface area contributed by atoms with Crippen molar-refractivity contribution in [2.45, 2.75) is 37.2 Å². The third-order valence-corrected chi connectivity index (χ3v) is 7.70. The van der Waals surface area contributed by atoms with Gasteiger partial charge in [-0.25, -0.2) is 18.7 Å². The van der Waals surface area contributed by atoms with E-state index in [1.165, 1.54) is 11.6 Å². The van der Waals surface area contributed by atoms with Gasteiger partial charge in [-0.2, -0.15) is 5.26 Å². The van der Waals surface area contributed by atoms with E-state index in [4.69, 9.17) is 9.84 Å². The zero-order chi connectivity index (χ0) is 29.0. The first-order valence-electron chi connectivity index (χ1n) is 13.6. The van der Waals surface area contributed by atoms with Gasteiger partial charge in [0.15, 0.2) is 6.10 Å². The van der Waals surface area contributed by atoms with Crippen molar-refractivity contribution in [3.8, 4) is 23.1 Å². The normalized spacial score (nSPS) is 19.4. The topological polar surface area (TPSA) is 115 Å². The Morgan fingerprint density at radius 3 is 2.59 bits per heavy atom. The highest BCUT2D eigenvalue weighted by atomic mass is 19.3. The molecule has 3 aromatic rings. The Kier molecular flexibility index (Phi) is 8.42. The summed E-state index contributed by atoms with van der Waals surface area (Å²) < 4.78 is 35.0. The van der Waals surface area contributed by atoms with Crippen LogP contribution in [0.1, 0.15) is 36.3 Å². The molecule has 3 heterocycles. The van der Waals surface area contributed by atoms with Crippen LogP contribution in [0, 0.1) is 11.3 Å². The number of amides is 1. The summed E-state index contributed by atoms with van der Waals surface area (Å²) in [5.74, 6) is -3.12. The smallest absolute Gasteiger partial charge is 0.301 e. The lowest BCUT2D eigenvalue weighted by Gasteiger charge is -2.38. The SMILES string of the molecule is CN1CCC(c2ccc(Nc3nccc(-c4ccc(OC5CCN(C(=O)CO)CC5(F)F)c(C#N)c4)n3)cc2)CC1. The lowest BCUT2D eigenvalue weighted by Crippen LogP contribution is -2.55. The lowest BCUT2D eigenvalue weighted by molar-refractivity contribution is -0.161. The van der Waals surface area contributed by atoms with Crippen LogP contribution in [0.4, 0.5) is 20.4 Å². The quantitative estimate of drug-likeness (QED) is 0.441. The third-order valence-electron chi connectivity index (χ3n) is 7.70. The van der Waals surface area contributed by atoms with Gasteiger partial charge in [-0.3, -0.25) is 4.79 Å². The molecule has 1 unspecified atom stereocenters. The van der Waals surface area contributed by atoms with Crippen LogP contribution in [0.5, 0.6) is 5.75 Å². The number of benzene rings is 2. The lowest BCUT2D eigenvalue weighted by atomic mass is 9.89. The maximum Gasteiger partial charge on any atom is 0.301 e. The van der Waals surface area contributed by atoms with E-state index in [9.17, 15) is 18.8 Å². The van der Waals surface area contributed by atoms with Crippen LogP contribution in [0.15, 0.2) is 54.7 Å². The first-order chi connectivity index (χ1) is 19.8. The summed E-state index contributed by atoms with van der Waals surface area (Å²) in [7, 11) is 2.15. The second-order valence-electron chi connectivity index (χ2n) is 10.5. The summed E-state index contributed by atoms with van der Waals surface area (Å²) >= 11 is 0. The molecule has 0 bridgehead atoms. The Morgan fingerprint density at radius 2 is 1.90 bits per heavy atom. The standard InChI is InChI=1S/C30H32F2N6O3/c1-37-13-9-21(10-14-37)20-2-5-24(6-3-20)35-29-34-12-8-25(36-29)22-4-7-26(23(16-22)17-33)41-27-11-15-38(28(40)18-39)19-30(27,31)32/h2-8,12,16,21,27,39H,9-11,13-15,18-19H2,1H3,(H,34,35,36). The Labute approximate surface area is 237 Å². The van der Waals surface area contributed by atoms with E-state index in [1.54, 1.807) is 24.4 Å². The number of carbonyl (C=O) groups excluding carboxylic acids is 1. The predicted molar refractivity (Wildman–Crippen MR) is 149 cm³/mol. The molecule has 2 N–H and O–H groups in total. The van der Waals surface area contributed by atoms with E-state index in [1.807, 2.05) is 18.2 Å². The molecule has 1 atom stereocenters.